The maximum atomic E-state index is 13.6. The Morgan fingerprint density at radius 1 is 0.838 bits per heavy atom. The second-order valence-corrected chi connectivity index (χ2v) is 18.5. The molecule has 0 saturated heterocycles. The Labute approximate surface area is 398 Å². The van der Waals surface area contributed by atoms with E-state index in [0.29, 0.717) is 11.1 Å². The molecule has 0 saturated carbocycles. The van der Waals surface area contributed by atoms with Crippen LogP contribution in [0.3, 0.4) is 0 Å². The van der Waals surface area contributed by atoms with Crippen LogP contribution in [0.5, 0.6) is 0 Å². The van der Waals surface area contributed by atoms with Crippen molar-refractivity contribution in [3.8, 4) is 0 Å². The van der Waals surface area contributed by atoms with Gasteiger partial charge >= 0.3 is 18.3 Å². The monoisotopic (exact) mass is 976 g/mol. The van der Waals surface area contributed by atoms with Gasteiger partial charge in [0, 0.05) is 24.7 Å². The van der Waals surface area contributed by atoms with E-state index in [2.05, 4.69) is 36.0 Å². The predicted molar refractivity (Wildman–Crippen MR) is 252 cm³/mol. The predicted octanol–water partition coefficient (Wildman–Crippen LogP) is 4.48. The largest absolute Gasteiger partial charge is 0.444 e. The summed E-state index contributed by atoms with van der Waals surface area (Å²) in [6.07, 6.45) is -1.59. The van der Waals surface area contributed by atoms with E-state index in [1.165, 1.54) is 18.3 Å². The third-order valence-electron chi connectivity index (χ3n) is 9.23. The van der Waals surface area contributed by atoms with Crippen LogP contribution in [0.1, 0.15) is 72.9 Å². The van der Waals surface area contributed by atoms with Crippen molar-refractivity contribution >= 4 is 69.2 Å². The van der Waals surface area contributed by atoms with Crippen molar-refractivity contribution in [1.82, 2.24) is 35.9 Å². The topological polar surface area (TPSA) is 303 Å². The summed E-state index contributed by atoms with van der Waals surface area (Å²) in [7, 11) is -4.00. The number of hydrogen-bond donors (Lipinski definition) is 7. The van der Waals surface area contributed by atoms with Gasteiger partial charge < -0.3 is 35.9 Å². The molecule has 1 heterocycles. The summed E-state index contributed by atoms with van der Waals surface area (Å²) in [6, 6.07) is 21.2. The molecule has 5 amide bonds. The number of aliphatic imine (C=N–C) groups is 1. The number of aryl methyl sites for hydroxylation is 1. The van der Waals surface area contributed by atoms with Gasteiger partial charge in [0.15, 0.2) is 5.01 Å². The number of ether oxygens (including phenoxy) is 3. The van der Waals surface area contributed by atoms with Crippen LogP contribution in [0.4, 0.5) is 14.4 Å². The Kier molecular flexibility index (Phi) is 20.4. The molecule has 4 rings (SSSR count). The number of nitrogens with zero attached hydrogens (tertiary/aromatic N) is 3. The number of benzene rings is 3. The Hall–Kier alpha value is -7.40. The fraction of sp³-hybridized carbons (Fsp3) is 0.356. The first-order chi connectivity index (χ1) is 32.3. The number of Topliss-reactive ketones (excluding diaryl/α,β-unsaturated/α-hetero) is 1. The molecule has 0 radical (unpaired) electrons. The molecule has 8 N–H and O–H groups in total. The fourth-order valence-corrected chi connectivity index (χ4v) is 7.51. The zero-order chi connectivity index (χ0) is 49.7. The van der Waals surface area contributed by atoms with E-state index >= 15 is 0 Å². The smallest absolute Gasteiger partial charge is 0.416 e. The van der Waals surface area contributed by atoms with Gasteiger partial charge in [0.2, 0.25) is 29.5 Å². The third kappa shape index (κ3) is 18.8. The molecule has 0 aliphatic rings. The molecule has 2 atom stereocenters. The lowest BCUT2D eigenvalue weighted by molar-refractivity contribution is -0.127. The van der Waals surface area contributed by atoms with Gasteiger partial charge in [0.05, 0.1) is 17.5 Å². The molecule has 1 aromatic heterocycles. The minimum absolute atomic E-state index is 0.00896. The number of thiazole rings is 1. The Morgan fingerprint density at radius 3 is 2.06 bits per heavy atom. The number of carbonyl (C=O) groups is 6. The number of hydrogen-bond acceptors (Lipinski definition) is 15. The minimum atomic E-state index is -4.00. The van der Waals surface area contributed by atoms with E-state index in [9.17, 15) is 37.2 Å². The van der Waals surface area contributed by atoms with E-state index in [4.69, 9.17) is 25.4 Å². The number of rotatable bonds is 21. The summed E-state index contributed by atoms with van der Waals surface area (Å²) in [5.74, 6) is -3.18. The second-order valence-electron chi connectivity index (χ2n) is 15.9. The number of sulfonamides is 1. The van der Waals surface area contributed by atoms with Crippen LogP contribution in [0.2, 0.25) is 0 Å². The highest BCUT2D eigenvalue weighted by Gasteiger charge is 2.29. The van der Waals surface area contributed by atoms with Crippen molar-refractivity contribution < 1.29 is 51.4 Å². The lowest BCUT2D eigenvalue weighted by Gasteiger charge is -2.25. The summed E-state index contributed by atoms with van der Waals surface area (Å²) in [4.78, 5) is 88.2. The van der Waals surface area contributed by atoms with Gasteiger partial charge in [-0.15, -0.1) is 11.3 Å². The van der Waals surface area contributed by atoms with Crippen molar-refractivity contribution in [2.75, 3.05) is 19.6 Å². The number of ketones is 1. The van der Waals surface area contributed by atoms with E-state index in [1.807, 2.05) is 6.92 Å². The molecule has 0 bridgehead atoms. The lowest BCUT2D eigenvalue weighted by Crippen LogP contribution is -2.52. The van der Waals surface area contributed by atoms with Crippen LogP contribution in [0.15, 0.2) is 106 Å². The molecule has 364 valence electrons. The molecule has 0 aliphatic carbocycles. The summed E-state index contributed by atoms with van der Waals surface area (Å²) in [6.45, 7) is 5.44. The van der Waals surface area contributed by atoms with E-state index < -0.39 is 76.1 Å². The fourth-order valence-electron chi connectivity index (χ4n) is 5.93. The van der Waals surface area contributed by atoms with Gasteiger partial charge in [-0.3, -0.25) is 30.1 Å². The number of amides is 5. The first-order valence-electron chi connectivity index (χ1n) is 21.2. The first kappa shape index (κ1) is 53.2. The van der Waals surface area contributed by atoms with Gasteiger partial charge in [-0.25, -0.2) is 37.4 Å². The summed E-state index contributed by atoms with van der Waals surface area (Å²) >= 11 is 1.06. The summed E-state index contributed by atoms with van der Waals surface area (Å²) in [5.41, 5.74) is 7.10. The van der Waals surface area contributed by atoms with Crippen molar-refractivity contribution in [2.45, 2.75) is 89.2 Å². The average molecular weight is 977 g/mol. The highest BCUT2D eigenvalue weighted by Crippen LogP contribution is 2.14. The normalized spacial score (nSPS) is 12.3. The number of carbonyl (C=O) groups excluding carboxylic acids is 6. The van der Waals surface area contributed by atoms with E-state index in [1.54, 1.807) is 98.9 Å². The van der Waals surface area contributed by atoms with Gasteiger partial charge in [-0.2, -0.15) is 0 Å². The molecule has 0 spiro atoms. The molecule has 0 aliphatic heterocycles. The molecule has 4 aromatic rings. The Morgan fingerprint density at radius 2 is 1.46 bits per heavy atom. The van der Waals surface area contributed by atoms with Crippen molar-refractivity contribution in [2.24, 2.45) is 10.7 Å². The van der Waals surface area contributed by atoms with Crippen LogP contribution in [-0.2, 0) is 47.0 Å². The summed E-state index contributed by atoms with van der Waals surface area (Å²) in [5, 5.41) is 20.0. The molecule has 68 heavy (non-hydrogen) atoms. The highest BCUT2D eigenvalue weighted by atomic mass is 32.2. The summed E-state index contributed by atoms with van der Waals surface area (Å²) < 4.78 is 43.6. The Bertz CT molecular complexity index is 2470. The maximum absolute atomic E-state index is 13.6. The molecule has 0 unspecified atom stereocenters. The third-order valence-corrected chi connectivity index (χ3v) is 11.4. The van der Waals surface area contributed by atoms with Crippen molar-refractivity contribution in [3.63, 3.8) is 0 Å². The van der Waals surface area contributed by atoms with E-state index in [-0.39, 0.29) is 67.8 Å². The van der Waals surface area contributed by atoms with Crippen LogP contribution in [0, 0.1) is 12.3 Å². The zero-order valence-corrected chi connectivity index (χ0v) is 39.6. The first-order valence-corrected chi connectivity index (χ1v) is 23.6. The molecule has 23 heteroatoms. The second kappa shape index (κ2) is 26.1. The quantitative estimate of drug-likeness (QED) is 0.0199. The van der Waals surface area contributed by atoms with Crippen LogP contribution >= 0.6 is 11.3 Å². The number of alkyl carbamates (subject to hydrolysis) is 2. The number of guanidine groups is 2. The molecule has 21 nitrogen and oxygen atoms in total. The zero-order valence-electron chi connectivity index (χ0n) is 38.0. The number of nitrogens with two attached hydrogens (primary N) is 1. The molecular formula is C45H56N10O11S2. The van der Waals surface area contributed by atoms with Gasteiger partial charge in [0.25, 0.3) is 10.0 Å². The lowest BCUT2D eigenvalue weighted by atomic mass is 10.1. The van der Waals surface area contributed by atoms with Crippen molar-refractivity contribution in [1.29, 1.82) is 5.41 Å². The highest BCUT2D eigenvalue weighted by molar-refractivity contribution is 7.90. The minimum Gasteiger partial charge on any atom is -0.444 e. The number of aromatic nitrogens is 1. The van der Waals surface area contributed by atoms with Crippen LogP contribution < -0.4 is 31.7 Å². The standard InChI is InChI=1S/C45H56N10O11S2/c1-30-19-21-33(22-20-30)68(62,63)54-40(46)49-23-11-17-34(37(57)39-48-24-26-67-39)51-36(56)27-50-38(58)35(52-43(60)66-45(2,3)4)18-12-25-55(44(61)65-29-32-15-9-6-10-16-32)41(47)53-42(59)64-28-31-13-7-5-8-14-31/h5-10,13-16,19-22,24,26,34-35H,11-12,17-18,23,25,27-29H2,1-4H3,(H,50,58)(H,51,56)(H,52,60)(H3,46,49,54)(H2,47,53,59)/t34-,35+/m0/s1. The molecule has 3 aromatic carbocycles. The van der Waals surface area contributed by atoms with Gasteiger partial charge in [-0.1, -0.05) is 78.4 Å². The Balaban J connectivity index is 1.39. The van der Waals surface area contributed by atoms with Crippen LogP contribution in [0.25, 0.3) is 0 Å². The van der Waals surface area contributed by atoms with Crippen LogP contribution in [-0.4, -0.2) is 103 Å². The SMILES string of the molecule is Cc1ccc(S(=O)(=O)NC(N)=NCCC[C@H](NC(=O)CNC(=O)[C@@H](CCCN(C(=N)NC(=O)OCc2ccccc2)C(=O)OCc2ccccc2)NC(=O)OC(C)(C)C)C(=O)c2nccs2)cc1. The maximum Gasteiger partial charge on any atom is 0.416 e. The van der Waals surface area contributed by atoms with Gasteiger partial charge in [-0.05, 0) is 76.6 Å². The van der Waals surface area contributed by atoms with Crippen molar-refractivity contribution in [3.05, 3.63) is 118 Å². The molecule has 0 fully saturated rings. The van der Waals surface area contributed by atoms with E-state index in [0.717, 1.165) is 21.8 Å². The number of nitrogens with one attached hydrogen (secondary N) is 6. The van der Waals surface area contributed by atoms with Gasteiger partial charge in [0.1, 0.15) is 24.9 Å². The average Bonchev–Trinajstić information content (AvgIpc) is 3.84. The molecular weight excluding hydrogens is 921 g/mol.